The Morgan fingerprint density at radius 3 is 2.83 bits per heavy atom. The minimum Gasteiger partial charge on any atom is -0.368 e. The van der Waals surface area contributed by atoms with E-state index in [0.29, 0.717) is 6.54 Å². The van der Waals surface area contributed by atoms with Crippen molar-refractivity contribution in [1.29, 1.82) is 0 Å². The molecule has 4 nitrogen and oxygen atoms in total. The maximum atomic E-state index is 13.2. The van der Waals surface area contributed by atoms with E-state index in [1.807, 2.05) is 0 Å². The third-order valence-corrected chi connectivity index (χ3v) is 2.96. The first-order valence-electron chi connectivity index (χ1n) is 6.24. The molecule has 1 aliphatic heterocycles. The van der Waals surface area contributed by atoms with E-state index in [1.54, 1.807) is 0 Å². The van der Waals surface area contributed by atoms with Crippen LogP contribution in [0.5, 0.6) is 0 Å². The van der Waals surface area contributed by atoms with Crippen molar-refractivity contribution >= 4 is 5.82 Å². The van der Waals surface area contributed by atoms with E-state index < -0.39 is 11.6 Å². The number of hydrogen-bond donors (Lipinski definition) is 2. The molecule has 0 atom stereocenters. The Hall–Kier alpha value is -1.27. The fraction of sp³-hybridized carbons (Fsp3) is 0.583. The summed E-state index contributed by atoms with van der Waals surface area (Å²) < 4.78 is 25.9. The minimum atomic E-state index is -0.654. The summed E-state index contributed by atoms with van der Waals surface area (Å²) in [5.74, 6) is -1.17. The second kappa shape index (κ2) is 6.61. The summed E-state index contributed by atoms with van der Waals surface area (Å²) in [6.45, 7) is 5.80. The Labute approximate surface area is 105 Å². The zero-order chi connectivity index (χ0) is 12.8. The highest BCUT2D eigenvalue weighted by atomic mass is 19.1. The molecule has 0 unspecified atom stereocenters. The van der Waals surface area contributed by atoms with Crippen LogP contribution in [0.4, 0.5) is 14.6 Å². The van der Waals surface area contributed by atoms with E-state index in [4.69, 9.17) is 0 Å². The monoisotopic (exact) mass is 256 g/mol. The smallest absolute Gasteiger partial charge is 0.168 e. The highest BCUT2D eigenvalue weighted by Crippen LogP contribution is 2.10. The van der Waals surface area contributed by atoms with Gasteiger partial charge in [0, 0.05) is 38.8 Å². The number of anilines is 1. The predicted molar refractivity (Wildman–Crippen MR) is 66.6 cm³/mol. The Balaban J connectivity index is 1.68. The van der Waals surface area contributed by atoms with Crippen molar-refractivity contribution in [3.8, 4) is 0 Å². The molecule has 100 valence electrons. The van der Waals surface area contributed by atoms with Crippen LogP contribution in [0, 0.1) is 11.6 Å². The number of nitrogens with zero attached hydrogens (tertiary/aromatic N) is 2. The van der Waals surface area contributed by atoms with E-state index in [9.17, 15) is 8.78 Å². The lowest BCUT2D eigenvalue weighted by Gasteiger charge is -2.27. The fourth-order valence-corrected chi connectivity index (χ4v) is 1.99. The van der Waals surface area contributed by atoms with Crippen LogP contribution in [-0.4, -0.2) is 49.2 Å². The van der Waals surface area contributed by atoms with Crippen LogP contribution in [-0.2, 0) is 0 Å². The Kier molecular flexibility index (Phi) is 4.83. The van der Waals surface area contributed by atoms with Gasteiger partial charge in [-0.15, -0.1) is 0 Å². The molecule has 2 N–H and O–H groups in total. The summed E-state index contributed by atoms with van der Waals surface area (Å²) in [6.07, 6.45) is 1.93. The van der Waals surface area contributed by atoms with Gasteiger partial charge in [-0.05, 0) is 13.0 Å². The molecule has 0 saturated carbocycles. The molecule has 0 aliphatic carbocycles. The van der Waals surface area contributed by atoms with Gasteiger partial charge in [-0.2, -0.15) is 0 Å². The first-order chi connectivity index (χ1) is 8.75. The summed E-state index contributed by atoms with van der Waals surface area (Å²) in [5, 5.41) is 6.18. The van der Waals surface area contributed by atoms with Crippen molar-refractivity contribution in [3.63, 3.8) is 0 Å². The molecule has 18 heavy (non-hydrogen) atoms. The molecule has 2 rings (SSSR count). The van der Waals surface area contributed by atoms with Gasteiger partial charge in [0.05, 0.1) is 6.20 Å². The Morgan fingerprint density at radius 1 is 1.33 bits per heavy atom. The quantitative estimate of drug-likeness (QED) is 0.773. The summed E-state index contributed by atoms with van der Waals surface area (Å²) in [7, 11) is 0. The van der Waals surface area contributed by atoms with Crippen LogP contribution in [0.1, 0.15) is 6.42 Å². The third-order valence-electron chi connectivity index (χ3n) is 2.96. The third kappa shape index (κ3) is 3.89. The lowest BCUT2D eigenvalue weighted by molar-refractivity contribution is 0.240. The molecule has 1 aromatic heterocycles. The summed E-state index contributed by atoms with van der Waals surface area (Å²) >= 11 is 0. The first kappa shape index (κ1) is 13.2. The molecule has 1 aliphatic rings. The van der Waals surface area contributed by atoms with Crippen LogP contribution in [0.15, 0.2) is 12.3 Å². The van der Waals surface area contributed by atoms with Crippen LogP contribution < -0.4 is 10.6 Å². The van der Waals surface area contributed by atoms with E-state index in [-0.39, 0.29) is 5.82 Å². The topological polar surface area (TPSA) is 40.2 Å². The molecule has 1 saturated heterocycles. The molecular weight excluding hydrogens is 238 g/mol. The SMILES string of the molecule is Fc1cnc(NCCCN2CCNCC2)c(F)c1. The van der Waals surface area contributed by atoms with E-state index in [2.05, 4.69) is 20.5 Å². The first-order valence-corrected chi connectivity index (χ1v) is 6.24. The summed E-state index contributed by atoms with van der Waals surface area (Å²) in [4.78, 5) is 6.05. The second-order valence-electron chi connectivity index (χ2n) is 4.36. The summed E-state index contributed by atoms with van der Waals surface area (Å²) in [6, 6.07) is 0.839. The molecular formula is C12H18F2N4. The number of hydrogen-bond acceptors (Lipinski definition) is 4. The number of aromatic nitrogens is 1. The van der Waals surface area contributed by atoms with Crippen molar-refractivity contribution < 1.29 is 8.78 Å². The number of rotatable bonds is 5. The largest absolute Gasteiger partial charge is 0.368 e. The molecule has 1 aromatic rings. The van der Waals surface area contributed by atoms with Gasteiger partial charge in [-0.25, -0.2) is 13.8 Å². The molecule has 1 fully saturated rings. The van der Waals surface area contributed by atoms with Gasteiger partial charge in [0.2, 0.25) is 0 Å². The van der Waals surface area contributed by atoms with Crippen molar-refractivity contribution in [2.75, 3.05) is 44.6 Å². The van der Waals surface area contributed by atoms with Crippen LogP contribution in [0.25, 0.3) is 0 Å². The molecule has 0 aromatic carbocycles. The second-order valence-corrected chi connectivity index (χ2v) is 4.36. The van der Waals surface area contributed by atoms with Crippen molar-refractivity contribution in [2.24, 2.45) is 0 Å². The van der Waals surface area contributed by atoms with Gasteiger partial charge in [-0.1, -0.05) is 0 Å². The van der Waals surface area contributed by atoms with E-state index >= 15 is 0 Å². The maximum absolute atomic E-state index is 13.2. The average molecular weight is 256 g/mol. The molecule has 0 radical (unpaired) electrons. The van der Waals surface area contributed by atoms with Gasteiger partial charge in [-0.3, -0.25) is 0 Å². The lowest BCUT2D eigenvalue weighted by atomic mass is 10.3. The molecule has 6 heteroatoms. The van der Waals surface area contributed by atoms with Crippen LogP contribution >= 0.6 is 0 Å². The van der Waals surface area contributed by atoms with E-state index in [1.165, 1.54) is 0 Å². The Morgan fingerprint density at radius 2 is 2.11 bits per heavy atom. The lowest BCUT2D eigenvalue weighted by Crippen LogP contribution is -2.44. The fourth-order valence-electron chi connectivity index (χ4n) is 1.99. The average Bonchev–Trinajstić information content (AvgIpc) is 2.38. The zero-order valence-electron chi connectivity index (χ0n) is 10.3. The van der Waals surface area contributed by atoms with Gasteiger partial charge in [0.15, 0.2) is 11.6 Å². The van der Waals surface area contributed by atoms with Gasteiger partial charge >= 0.3 is 0 Å². The number of piperazine rings is 1. The van der Waals surface area contributed by atoms with Crippen LogP contribution in [0.2, 0.25) is 0 Å². The zero-order valence-corrected chi connectivity index (χ0v) is 10.3. The van der Waals surface area contributed by atoms with Gasteiger partial charge in [0.1, 0.15) is 5.82 Å². The number of pyridine rings is 1. The number of halogens is 2. The highest BCUT2D eigenvalue weighted by Gasteiger charge is 2.09. The van der Waals surface area contributed by atoms with Crippen molar-refractivity contribution in [2.45, 2.75) is 6.42 Å². The normalized spacial score (nSPS) is 16.8. The Bertz CT molecular complexity index is 380. The highest BCUT2D eigenvalue weighted by molar-refractivity contribution is 5.35. The minimum absolute atomic E-state index is 0.122. The summed E-state index contributed by atoms with van der Waals surface area (Å²) in [5.41, 5.74) is 0. The van der Waals surface area contributed by atoms with Crippen molar-refractivity contribution in [1.82, 2.24) is 15.2 Å². The molecule has 0 amide bonds. The van der Waals surface area contributed by atoms with Crippen LogP contribution in [0.3, 0.4) is 0 Å². The number of nitrogens with one attached hydrogen (secondary N) is 2. The standard InChI is InChI=1S/C12H18F2N4/c13-10-8-11(14)12(17-9-10)16-2-1-5-18-6-3-15-4-7-18/h8-9,15H,1-7H2,(H,16,17). The maximum Gasteiger partial charge on any atom is 0.168 e. The van der Waals surface area contributed by atoms with Gasteiger partial charge in [0.25, 0.3) is 0 Å². The molecule has 0 bridgehead atoms. The van der Waals surface area contributed by atoms with E-state index in [0.717, 1.165) is 51.4 Å². The van der Waals surface area contributed by atoms with Gasteiger partial charge < -0.3 is 15.5 Å². The molecule has 0 spiro atoms. The molecule has 2 heterocycles. The predicted octanol–water partition coefficient (Wildman–Crippen LogP) is 1.07. The van der Waals surface area contributed by atoms with Crippen molar-refractivity contribution in [3.05, 3.63) is 23.9 Å².